The van der Waals surface area contributed by atoms with E-state index in [-0.39, 0.29) is 5.56 Å². The molecule has 0 bridgehead atoms. The molecule has 1 N–H and O–H groups in total. The van der Waals surface area contributed by atoms with E-state index in [0.717, 1.165) is 23.2 Å². The maximum Gasteiger partial charge on any atom is 0.246 e. The third-order valence-corrected chi connectivity index (χ3v) is 5.09. The second-order valence-corrected chi connectivity index (χ2v) is 6.93. The Morgan fingerprint density at radius 2 is 2.05 bits per heavy atom. The van der Waals surface area contributed by atoms with Gasteiger partial charge in [0.15, 0.2) is 0 Å². The molecule has 1 fully saturated rings. The predicted octanol–water partition coefficient (Wildman–Crippen LogP) is 1.34. The number of aliphatic hydroxyl groups excluding tert-OH is 1. The standard InChI is InChI=1S/C14H15F2NO3S/c1-17(9-10-4-5-10)21(19,20)14-11(3-2-6-18)7-12(15)8-13(14)16/h7-8,10,18H,4-6,9H2,1H3. The fourth-order valence-electron chi connectivity index (χ4n) is 1.97. The normalized spacial score (nSPS) is 14.9. The molecule has 0 unspecified atom stereocenters. The molecule has 0 atom stereocenters. The molecule has 4 nitrogen and oxygen atoms in total. The molecule has 7 heteroatoms. The Hall–Kier alpha value is -1.49. The molecular weight excluding hydrogens is 300 g/mol. The number of hydrogen-bond donors (Lipinski definition) is 1. The van der Waals surface area contributed by atoms with Crippen LogP contribution >= 0.6 is 0 Å². The summed E-state index contributed by atoms with van der Waals surface area (Å²) in [5.41, 5.74) is -0.288. The first kappa shape index (κ1) is 15.9. The first-order valence-electron chi connectivity index (χ1n) is 6.41. The van der Waals surface area contributed by atoms with Gasteiger partial charge in [0.05, 0.1) is 5.56 Å². The van der Waals surface area contributed by atoms with E-state index < -0.39 is 33.2 Å². The zero-order valence-corrected chi connectivity index (χ0v) is 12.3. The number of hydrogen-bond acceptors (Lipinski definition) is 3. The third kappa shape index (κ3) is 3.59. The van der Waals surface area contributed by atoms with Crippen molar-refractivity contribution < 1.29 is 22.3 Å². The van der Waals surface area contributed by atoms with Crippen LogP contribution in [0.2, 0.25) is 0 Å². The van der Waals surface area contributed by atoms with Crippen molar-refractivity contribution in [2.45, 2.75) is 17.7 Å². The number of benzene rings is 1. The second-order valence-electron chi connectivity index (χ2n) is 4.95. The summed E-state index contributed by atoms with van der Waals surface area (Å²) in [6.07, 6.45) is 1.89. The molecule has 0 heterocycles. The lowest BCUT2D eigenvalue weighted by molar-refractivity contribution is 0.350. The van der Waals surface area contributed by atoms with Crippen LogP contribution in [0.15, 0.2) is 17.0 Å². The zero-order chi connectivity index (χ0) is 15.6. The van der Waals surface area contributed by atoms with Crippen molar-refractivity contribution in [2.75, 3.05) is 20.2 Å². The lowest BCUT2D eigenvalue weighted by Crippen LogP contribution is -2.30. The van der Waals surface area contributed by atoms with Gasteiger partial charge in [0.25, 0.3) is 0 Å². The van der Waals surface area contributed by atoms with Crippen LogP contribution < -0.4 is 0 Å². The molecule has 1 aromatic carbocycles. The lowest BCUT2D eigenvalue weighted by atomic mass is 10.2. The highest BCUT2D eigenvalue weighted by molar-refractivity contribution is 7.89. The minimum atomic E-state index is -4.10. The minimum Gasteiger partial charge on any atom is -0.384 e. The highest BCUT2D eigenvalue weighted by Gasteiger charge is 2.32. The van der Waals surface area contributed by atoms with E-state index in [1.54, 1.807) is 0 Å². The Kier molecular flexibility index (Phi) is 4.61. The number of nitrogens with zero attached hydrogens (tertiary/aromatic N) is 1. The quantitative estimate of drug-likeness (QED) is 0.853. The highest BCUT2D eigenvalue weighted by atomic mass is 32.2. The van der Waals surface area contributed by atoms with Gasteiger partial charge in [0.2, 0.25) is 10.0 Å². The maximum atomic E-state index is 14.0. The van der Waals surface area contributed by atoms with Gasteiger partial charge in [-0.2, -0.15) is 0 Å². The van der Waals surface area contributed by atoms with Crippen LogP contribution in [0, 0.1) is 29.4 Å². The van der Waals surface area contributed by atoms with Crippen molar-refractivity contribution in [2.24, 2.45) is 5.92 Å². The molecule has 1 saturated carbocycles. The molecule has 0 radical (unpaired) electrons. The van der Waals surface area contributed by atoms with Crippen LogP contribution in [0.3, 0.4) is 0 Å². The largest absolute Gasteiger partial charge is 0.384 e. The van der Waals surface area contributed by atoms with Gasteiger partial charge < -0.3 is 5.11 Å². The Bertz CT molecular complexity index is 703. The average molecular weight is 315 g/mol. The first-order chi connectivity index (χ1) is 9.86. The smallest absolute Gasteiger partial charge is 0.246 e. The summed E-state index contributed by atoms with van der Waals surface area (Å²) in [7, 11) is -2.73. The Morgan fingerprint density at radius 1 is 1.38 bits per heavy atom. The summed E-state index contributed by atoms with van der Waals surface area (Å²) >= 11 is 0. The summed E-state index contributed by atoms with van der Waals surface area (Å²) < 4.78 is 53.2. The van der Waals surface area contributed by atoms with E-state index in [0.29, 0.717) is 18.5 Å². The van der Waals surface area contributed by atoms with E-state index in [1.165, 1.54) is 7.05 Å². The van der Waals surface area contributed by atoms with Gasteiger partial charge in [-0.1, -0.05) is 11.8 Å². The van der Waals surface area contributed by atoms with Crippen LogP contribution in [-0.2, 0) is 10.0 Å². The number of rotatable bonds is 4. The van der Waals surface area contributed by atoms with Crippen molar-refractivity contribution in [1.29, 1.82) is 0 Å². The molecule has 1 aliphatic rings. The molecule has 2 rings (SSSR count). The fraction of sp³-hybridized carbons (Fsp3) is 0.429. The molecule has 0 saturated heterocycles. The number of sulfonamides is 1. The number of halogens is 2. The van der Waals surface area contributed by atoms with Crippen molar-refractivity contribution in [3.05, 3.63) is 29.3 Å². The molecule has 0 aliphatic heterocycles. The van der Waals surface area contributed by atoms with Gasteiger partial charge in [-0.3, -0.25) is 0 Å². The van der Waals surface area contributed by atoms with Gasteiger partial charge >= 0.3 is 0 Å². The van der Waals surface area contributed by atoms with E-state index in [1.807, 2.05) is 0 Å². The van der Waals surface area contributed by atoms with Crippen molar-refractivity contribution in [1.82, 2.24) is 4.31 Å². The summed E-state index contributed by atoms with van der Waals surface area (Å²) in [6, 6.07) is 1.37. The molecular formula is C14H15F2NO3S. The van der Waals surface area contributed by atoms with Crippen LogP contribution in [0.5, 0.6) is 0 Å². The van der Waals surface area contributed by atoms with Crippen molar-refractivity contribution in [3.8, 4) is 11.8 Å². The Morgan fingerprint density at radius 3 is 2.62 bits per heavy atom. The van der Waals surface area contributed by atoms with Crippen LogP contribution in [0.25, 0.3) is 0 Å². The topological polar surface area (TPSA) is 57.6 Å². The van der Waals surface area contributed by atoms with Gasteiger partial charge in [-0.05, 0) is 24.8 Å². The predicted molar refractivity (Wildman–Crippen MR) is 72.9 cm³/mol. The van der Waals surface area contributed by atoms with Crippen LogP contribution in [0.4, 0.5) is 8.78 Å². The lowest BCUT2D eigenvalue weighted by Gasteiger charge is -2.18. The summed E-state index contributed by atoms with van der Waals surface area (Å²) in [4.78, 5) is -0.645. The van der Waals surface area contributed by atoms with Gasteiger partial charge in [-0.15, -0.1) is 0 Å². The Labute approximate surface area is 122 Å². The van der Waals surface area contributed by atoms with E-state index >= 15 is 0 Å². The molecule has 0 aromatic heterocycles. The Balaban J connectivity index is 2.49. The SMILES string of the molecule is CN(CC1CC1)S(=O)(=O)c1c(F)cc(F)cc1C#CCO. The summed E-state index contributed by atoms with van der Waals surface area (Å²) in [6.45, 7) is -0.235. The molecule has 1 aromatic rings. The fourth-order valence-corrected chi connectivity index (χ4v) is 3.38. The van der Waals surface area contributed by atoms with Crippen LogP contribution in [-0.4, -0.2) is 38.0 Å². The molecule has 0 amide bonds. The third-order valence-electron chi connectivity index (χ3n) is 3.19. The first-order valence-corrected chi connectivity index (χ1v) is 7.85. The van der Waals surface area contributed by atoms with Gasteiger partial charge in [-0.25, -0.2) is 21.5 Å². The molecule has 0 spiro atoms. The van der Waals surface area contributed by atoms with E-state index in [2.05, 4.69) is 11.8 Å². The van der Waals surface area contributed by atoms with E-state index in [9.17, 15) is 17.2 Å². The highest BCUT2D eigenvalue weighted by Crippen LogP contribution is 2.32. The molecule has 21 heavy (non-hydrogen) atoms. The number of aliphatic hydroxyl groups is 1. The van der Waals surface area contributed by atoms with Crippen LogP contribution in [0.1, 0.15) is 18.4 Å². The maximum absolute atomic E-state index is 14.0. The zero-order valence-electron chi connectivity index (χ0n) is 11.4. The van der Waals surface area contributed by atoms with Crippen molar-refractivity contribution >= 4 is 10.0 Å². The van der Waals surface area contributed by atoms with Gasteiger partial charge in [0, 0.05) is 19.7 Å². The summed E-state index contributed by atoms with van der Waals surface area (Å²) in [5.74, 6) is 2.69. The average Bonchev–Trinajstić information content (AvgIpc) is 3.18. The van der Waals surface area contributed by atoms with E-state index in [4.69, 9.17) is 5.11 Å². The summed E-state index contributed by atoms with van der Waals surface area (Å²) in [5, 5.41) is 8.68. The monoisotopic (exact) mass is 315 g/mol. The second kappa shape index (κ2) is 6.10. The minimum absolute atomic E-state index is 0.288. The van der Waals surface area contributed by atoms with Gasteiger partial charge in [0.1, 0.15) is 23.1 Å². The van der Waals surface area contributed by atoms with Crippen molar-refractivity contribution in [3.63, 3.8) is 0 Å². The molecule has 114 valence electrons. The molecule has 1 aliphatic carbocycles.